The van der Waals surface area contributed by atoms with Crippen LogP contribution >= 0.6 is 35.7 Å². The maximum atomic E-state index is 4.62. The summed E-state index contributed by atoms with van der Waals surface area (Å²) in [4.78, 5) is 10.2. The Morgan fingerprint density at radius 3 is 2.67 bits per heavy atom. The third-order valence-electron chi connectivity index (χ3n) is 3.95. The van der Waals surface area contributed by atoms with E-state index in [9.17, 15) is 0 Å². The Bertz CT molecular complexity index is 817. The number of nitrogens with zero attached hydrogens (tertiary/aromatic N) is 3. The van der Waals surface area contributed by atoms with Gasteiger partial charge in [-0.2, -0.15) is 0 Å². The van der Waals surface area contributed by atoms with Crippen LogP contribution in [0.4, 0.5) is 0 Å². The van der Waals surface area contributed by atoms with Crippen molar-refractivity contribution in [3.63, 3.8) is 0 Å². The number of fused-ring (bicyclic) bond motifs is 1. The molecule has 0 spiro atoms. The third-order valence-corrected chi connectivity index (χ3v) is 5.06. The lowest BCUT2D eigenvalue weighted by Crippen LogP contribution is -2.40. The average Bonchev–Trinajstić information content (AvgIpc) is 3.08. The number of imidazole rings is 1. The van der Waals surface area contributed by atoms with Crippen LogP contribution in [0.15, 0.2) is 70.8 Å². The van der Waals surface area contributed by atoms with Gasteiger partial charge in [0.15, 0.2) is 5.96 Å². The normalized spacial score (nSPS) is 12.4. The van der Waals surface area contributed by atoms with Crippen molar-refractivity contribution in [2.45, 2.75) is 23.5 Å². The van der Waals surface area contributed by atoms with Gasteiger partial charge in [0.1, 0.15) is 5.65 Å². The van der Waals surface area contributed by atoms with Gasteiger partial charge in [0, 0.05) is 49.1 Å². The Labute approximate surface area is 182 Å². The maximum Gasteiger partial charge on any atom is 0.191 e. The molecular formula is C20H26IN5S. The molecule has 2 heterocycles. The summed E-state index contributed by atoms with van der Waals surface area (Å²) in [5, 5.41) is 7.21. The summed E-state index contributed by atoms with van der Waals surface area (Å²) in [5.41, 5.74) is 2.06. The highest BCUT2D eigenvalue weighted by molar-refractivity contribution is 14.0. The van der Waals surface area contributed by atoms with Crippen molar-refractivity contribution in [3.05, 3.63) is 66.6 Å². The number of benzene rings is 1. The molecule has 0 saturated heterocycles. The van der Waals surface area contributed by atoms with Crippen LogP contribution in [0.3, 0.4) is 0 Å². The second kappa shape index (κ2) is 11.2. The number of rotatable bonds is 7. The van der Waals surface area contributed by atoms with E-state index in [0.29, 0.717) is 5.25 Å². The molecule has 1 unspecified atom stereocenters. The van der Waals surface area contributed by atoms with Gasteiger partial charge in [-0.25, -0.2) is 4.98 Å². The van der Waals surface area contributed by atoms with E-state index in [4.69, 9.17) is 0 Å². The molecule has 3 aromatic rings. The summed E-state index contributed by atoms with van der Waals surface area (Å²) < 4.78 is 2.05. The van der Waals surface area contributed by atoms with Crippen LogP contribution in [0.25, 0.3) is 5.65 Å². The molecular weight excluding hydrogens is 469 g/mol. The molecule has 1 atom stereocenters. The first-order chi connectivity index (χ1) is 12.7. The lowest BCUT2D eigenvalue weighted by atomic mass is 10.3. The number of thioether (sulfide) groups is 1. The van der Waals surface area contributed by atoms with Crippen LogP contribution in [0.2, 0.25) is 0 Å². The molecule has 5 nitrogen and oxygen atoms in total. The fourth-order valence-electron chi connectivity index (χ4n) is 2.65. The van der Waals surface area contributed by atoms with Crippen molar-refractivity contribution in [2.24, 2.45) is 4.99 Å². The average molecular weight is 495 g/mol. The molecule has 0 bridgehead atoms. The zero-order valence-electron chi connectivity index (χ0n) is 15.6. The van der Waals surface area contributed by atoms with Gasteiger partial charge in [0.2, 0.25) is 0 Å². The molecule has 0 aliphatic heterocycles. The van der Waals surface area contributed by atoms with Crippen LogP contribution in [0, 0.1) is 0 Å². The monoisotopic (exact) mass is 495 g/mol. The fraction of sp³-hybridized carbons (Fsp3) is 0.300. The number of aromatic nitrogens is 2. The van der Waals surface area contributed by atoms with E-state index in [-0.39, 0.29) is 24.0 Å². The van der Waals surface area contributed by atoms with Gasteiger partial charge in [0.25, 0.3) is 0 Å². The summed E-state index contributed by atoms with van der Waals surface area (Å²) in [7, 11) is 1.80. The predicted octanol–water partition coefficient (Wildman–Crippen LogP) is 3.84. The van der Waals surface area contributed by atoms with Crippen molar-refractivity contribution >= 4 is 47.3 Å². The molecule has 1 aromatic carbocycles. The van der Waals surface area contributed by atoms with Gasteiger partial charge in [-0.3, -0.25) is 4.99 Å². The number of nitrogens with one attached hydrogen (secondary N) is 2. The topological polar surface area (TPSA) is 53.7 Å². The highest BCUT2D eigenvalue weighted by atomic mass is 127. The molecule has 0 aliphatic carbocycles. The zero-order valence-corrected chi connectivity index (χ0v) is 18.8. The van der Waals surface area contributed by atoms with Crippen molar-refractivity contribution in [2.75, 3.05) is 20.1 Å². The van der Waals surface area contributed by atoms with E-state index in [2.05, 4.69) is 58.0 Å². The zero-order chi connectivity index (χ0) is 18.2. The SMILES string of the molecule is CN=C(NCCc1cn2ccccc2n1)NCC(C)Sc1ccccc1.I. The Kier molecular flexibility index (Phi) is 8.93. The van der Waals surface area contributed by atoms with Crippen LogP contribution in [-0.2, 0) is 6.42 Å². The summed E-state index contributed by atoms with van der Waals surface area (Å²) in [5.74, 6) is 0.828. The van der Waals surface area contributed by atoms with Gasteiger partial charge in [0.05, 0.1) is 5.69 Å². The highest BCUT2D eigenvalue weighted by Gasteiger charge is 2.06. The quantitative estimate of drug-likeness (QED) is 0.227. The number of halogens is 1. The number of hydrogen-bond donors (Lipinski definition) is 2. The minimum Gasteiger partial charge on any atom is -0.356 e. The molecule has 144 valence electrons. The standard InChI is InChI=1S/C20H25N5S.HI/c1-16(26-18-8-4-3-5-9-18)14-23-20(21-2)22-12-11-17-15-25-13-7-6-10-19(25)24-17;/h3-10,13,15-16H,11-12,14H2,1-2H3,(H2,21,22,23);1H. The molecule has 0 saturated carbocycles. The molecule has 3 rings (SSSR count). The van der Waals surface area contributed by atoms with Crippen LogP contribution in [0.5, 0.6) is 0 Å². The molecule has 0 fully saturated rings. The van der Waals surface area contributed by atoms with Gasteiger partial charge in [-0.05, 0) is 24.3 Å². The first-order valence-electron chi connectivity index (χ1n) is 8.83. The van der Waals surface area contributed by atoms with Crippen molar-refractivity contribution < 1.29 is 0 Å². The minimum atomic E-state index is 0. The van der Waals surface area contributed by atoms with Crippen molar-refractivity contribution in [1.82, 2.24) is 20.0 Å². The van der Waals surface area contributed by atoms with E-state index in [0.717, 1.165) is 36.8 Å². The molecule has 2 N–H and O–H groups in total. The molecule has 0 aliphatic rings. The Morgan fingerprint density at radius 1 is 1.15 bits per heavy atom. The van der Waals surface area contributed by atoms with E-state index in [1.165, 1.54) is 4.90 Å². The summed E-state index contributed by atoms with van der Waals surface area (Å²) >= 11 is 1.86. The lowest BCUT2D eigenvalue weighted by Gasteiger charge is -2.15. The highest BCUT2D eigenvalue weighted by Crippen LogP contribution is 2.21. The number of pyridine rings is 1. The number of guanidine groups is 1. The predicted molar refractivity (Wildman–Crippen MR) is 125 cm³/mol. The van der Waals surface area contributed by atoms with E-state index in [1.807, 2.05) is 46.6 Å². The van der Waals surface area contributed by atoms with Crippen molar-refractivity contribution in [1.29, 1.82) is 0 Å². The van der Waals surface area contributed by atoms with E-state index >= 15 is 0 Å². The fourth-order valence-corrected chi connectivity index (χ4v) is 3.60. The van der Waals surface area contributed by atoms with Gasteiger partial charge >= 0.3 is 0 Å². The second-order valence-electron chi connectivity index (χ2n) is 6.07. The van der Waals surface area contributed by atoms with Crippen LogP contribution in [0.1, 0.15) is 12.6 Å². The first kappa shape index (κ1) is 21.6. The lowest BCUT2D eigenvalue weighted by molar-refractivity contribution is 0.775. The molecule has 0 radical (unpaired) electrons. The third kappa shape index (κ3) is 6.73. The Balaban J connectivity index is 0.00000261. The maximum absolute atomic E-state index is 4.62. The second-order valence-corrected chi connectivity index (χ2v) is 7.58. The number of hydrogen-bond acceptors (Lipinski definition) is 3. The molecule has 27 heavy (non-hydrogen) atoms. The number of aliphatic imine (C=N–C) groups is 1. The first-order valence-corrected chi connectivity index (χ1v) is 9.71. The van der Waals surface area contributed by atoms with Crippen LogP contribution < -0.4 is 10.6 Å². The minimum absolute atomic E-state index is 0. The van der Waals surface area contributed by atoms with Gasteiger partial charge in [-0.1, -0.05) is 31.2 Å². The van der Waals surface area contributed by atoms with E-state index < -0.39 is 0 Å². The van der Waals surface area contributed by atoms with Gasteiger partial charge in [-0.15, -0.1) is 35.7 Å². The Morgan fingerprint density at radius 2 is 1.93 bits per heavy atom. The molecule has 0 amide bonds. The van der Waals surface area contributed by atoms with Gasteiger partial charge < -0.3 is 15.0 Å². The molecule has 7 heteroatoms. The summed E-state index contributed by atoms with van der Waals surface area (Å²) in [6.07, 6.45) is 4.95. The Hall–Kier alpha value is -1.74. The molecule has 2 aromatic heterocycles. The van der Waals surface area contributed by atoms with Crippen LogP contribution in [-0.4, -0.2) is 40.7 Å². The largest absolute Gasteiger partial charge is 0.356 e. The van der Waals surface area contributed by atoms with E-state index in [1.54, 1.807) is 7.05 Å². The smallest absolute Gasteiger partial charge is 0.191 e. The van der Waals surface area contributed by atoms with Crippen molar-refractivity contribution in [3.8, 4) is 0 Å². The summed E-state index contributed by atoms with van der Waals surface area (Å²) in [6.45, 7) is 3.87. The summed E-state index contributed by atoms with van der Waals surface area (Å²) in [6, 6.07) is 16.5.